The van der Waals surface area contributed by atoms with E-state index in [1.165, 1.54) is 0 Å². The summed E-state index contributed by atoms with van der Waals surface area (Å²) in [6, 6.07) is 0. The predicted molar refractivity (Wildman–Crippen MR) is 54.1 cm³/mol. The van der Waals surface area contributed by atoms with Crippen molar-refractivity contribution in [2.24, 2.45) is 0 Å². The molecule has 0 aromatic heterocycles. The van der Waals surface area contributed by atoms with E-state index < -0.39 is 6.10 Å². The maximum absolute atomic E-state index is 8.96. The van der Waals surface area contributed by atoms with Crippen molar-refractivity contribution >= 4 is 43.5 Å². The second-order valence-electron chi connectivity index (χ2n) is 2.10. The molecule has 2 atom stereocenters. The Kier molecular flexibility index (Phi) is 8.63. The lowest BCUT2D eigenvalue weighted by Crippen LogP contribution is -2.20. The molecule has 2 nitrogen and oxygen atoms in total. The quantitative estimate of drug-likeness (QED) is 0.758. The number of rotatable bonds is 6. The van der Waals surface area contributed by atoms with Crippen LogP contribution in [0.15, 0.2) is 0 Å². The average molecular weight is 310 g/mol. The van der Waals surface area contributed by atoms with E-state index in [4.69, 9.17) is 21.4 Å². The fraction of sp³-hybridized carbons (Fsp3) is 1.00. The van der Waals surface area contributed by atoms with Crippen LogP contribution in [0.1, 0.15) is 0 Å². The molecule has 0 aliphatic rings. The minimum absolute atomic E-state index is 0.223. The van der Waals surface area contributed by atoms with Crippen LogP contribution in [-0.2, 0) is 4.74 Å². The van der Waals surface area contributed by atoms with Gasteiger partial charge in [0.05, 0.1) is 25.2 Å². The highest BCUT2D eigenvalue weighted by atomic mass is 79.9. The third kappa shape index (κ3) is 7.53. The highest BCUT2D eigenvalue weighted by Crippen LogP contribution is 2.03. The SMILES string of the molecule is OC(CCl)COCC(Br)CBr. The van der Waals surface area contributed by atoms with Crippen molar-refractivity contribution < 1.29 is 9.84 Å². The molecular weight excluding hydrogens is 299 g/mol. The summed E-state index contributed by atoms with van der Waals surface area (Å²) >= 11 is 12.0. The third-order valence-corrected chi connectivity index (χ3v) is 3.55. The zero-order valence-electron chi connectivity index (χ0n) is 5.97. The number of ether oxygens (including phenoxy) is 1. The summed E-state index contributed by atoms with van der Waals surface area (Å²) in [7, 11) is 0. The Bertz CT molecular complexity index is 84.7. The number of alkyl halides is 3. The van der Waals surface area contributed by atoms with Crippen LogP contribution in [0, 0.1) is 0 Å². The molecule has 0 saturated heterocycles. The van der Waals surface area contributed by atoms with Crippen LogP contribution in [0.25, 0.3) is 0 Å². The molecule has 0 aromatic rings. The first-order chi connectivity index (χ1) is 5.20. The van der Waals surface area contributed by atoms with E-state index in [0.717, 1.165) is 5.33 Å². The van der Waals surface area contributed by atoms with Gasteiger partial charge in [-0.3, -0.25) is 0 Å². The molecule has 5 heteroatoms. The van der Waals surface area contributed by atoms with E-state index in [1.54, 1.807) is 0 Å². The summed E-state index contributed by atoms with van der Waals surface area (Å²) in [4.78, 5) is 0.296. The van der Waals surface area contributed by atoms with Crippen molar-refractivity contribution in [2.75, 3.05) is 24.4 Å². The maximum Gasteiger partial charge on any atom is 0.0908 e. The molecular formula is C6H11Br2ClO2. The van der Waals surface area contributed by atoms with Crippen LogP contribution in [0.3, 0.4) is 0 Å². The Hall–Kier alpha value is 1.17. The first-order valence-corrected chi connectivity index (χ1v) is 5.79. The molecule has 68 valence electrons. The summed E-state index contributed by atoms with van der Waals surface area (Å²) < 4.78 is 5.13. The fourth-order valence-electron chi connectivity index (χ4n) is 0.421. The van der Waals surface area contributed by atoms with E-state index in [1.807, 2.05) is 0 Å². The normalized spacial score (nSPS) is 16.4. The lowest BCUT2D eigenvalue weighted by Gasteiger charge is -2.09. The molecule has 0 spiro atoms. The number of aliphatic hydroxyl groups excluding tert-OH is 1. The lowest BCUT2D eigenvalue weighted by atomic mass is 10.4. The van der Waals surface area contributed by atoms with Gasteiger partial charge >= 0.3 is 0 Å². The van der Waals surface area contributed by atoms with Crippen LogP contribution in [0.4, 0.5) is 0 Å². The van der Waals surface area contributed by atoms with Gasteiger partial charge in [-0.05, 0) is 0 Å². The molecule has 0 heterocycles. The summed E-state index contributed by atoms with van der Waals surface area (Å²) in [6.45, 7) is 0.887. The zero-order valence-corrected chi connectivity index (χ0v) is 9.90. The summed E-state index contributed by atoms with van der Waals surface area (Å²) in [5.41, 5.74) is 0. The van der Waals surface area contributed by atoms with Crippen LogP contribution < -0.4 is 0 Å². The van der Waals surface area contributed by atoms with E-state index in [9.17, 15) is 0 Å². The molecule has 0 aliphatic carbocycles. The molecule has 11 heavy (non-hydrogen) atoms. The van der Waals surface area contributed by atoms with Crippen LogP contribution in [-0.4, -0.2) is 40.5 Å². The molecule has 0 bridgehead atoms. The number of aliphatic hydroxyl groups is 1. The van der Waals surface area contributed by atoms with Gasteiger partial charge < -0.3 is 9.84 Å². The molecule has 1 N–H and O–H groups in total. The van der Waals surface area contributed by atoms with Gasteiger partial charge in [0.15, 0.2) is 0 Å². The van der Waals surface area contributed by atoms with E-state index in [2.05, 4.69) is 31.9 Å². The highest BCUT2D eigenvalue weighted by Gasteiger charge is 2.04. The van der Waals surface area contributed by atoms with Crippen molar-refractivity contribution in [3.05, 3.63) is 0 Å². The maximum atomic E-state index is 8.96. The molecule has 0 fully saturated rings. The average Bonchev–Trinajstić information content (AvgIpc) is 2.04. The van der Waals surface area contributed by atoms with Gasteiger partial charge in [0, 0.05) is 10.2 Å². The van der Waals surface area contributed by atoms with Crippen molar-refractivity contribution in [3.63, 3.8) is 0 Å². The Morgan fingerprint density at radius 3 is 2.55 bits per heavy atom. The van der Waals surface area contributed by atoms with E-state index >= 15 is 0 Å². The standard InChI is InChI=1S/C6H11Br2ClO2/c7-1-5(8)3-11-4-6(10)2-9/h5-6,10H,1-4H2. The second-order valence-corrected chi connectivity index (χ2v) is 4.35. The van der Waals surface area contributed by atoms with Gasteiger partial charge in [0.25, 0.3) is 0 Å². The van der Waals surface area contributed by atoms with Crippen molar-refractivity contribution in [3.8, 4) is 0 Å². The number of halogens is 3. The van der Waals surface area contributed by atoms with Crippen LogP contribution in [0.2, 0.25) is 0 Å². The second kappa shape index (κ2) is 7.80. The molecule has 0 rings (SSSR count). The number of hydrogen-bond acceptors (Lipinski definition) is 2. The van der Waals surface area contributed by atoms with Gasteiger partial charge in [0.1, 0.15) is 0 Å². The third-order valence-electron chi connectivity index (χ3n) is 0.954. The predicted octanol–water partition coefficient (Wildman–Crippen LogP) is 1.76. The number of hydrogen-bond donors (Lipinski definition) is 1. The van der Waals surface area contributed by atoms with Crippen molar-refractivity contribution in [1.29, 1.82) is 0 Å². The van der Waals surface area contributed by atoms with E-state index in [-0.39, 0.29) is 5.88 Å². The van der Waals surface area contributed by atoms with E-state index in [0.29, 0.717) is 18.0 Å². The lowest BCUT2D eigenvalue weighted by molar-refractivity contribution is 0.0507. The molecule has 0 saturated carbocycles. The molecule has 2 unspecified atom stereocenters. The molecule has 0 aromatic carbocycles. The molecule has 0 radical (unpaired) electrons. The molecule has 0 aliphatic heterocycles. The van der Waals surface area contributed by atoms with Crippen molar-refractivity contribution in [2.45, 2.75) is 10.9 Å². The minimum atomic E-state index is -0.549. The first kappa shape index (κ1) is 12.2. The molecule has 0 amide bonds. The Morgan fingerprint density at radius 2 is 2.09 bits per heavy atom. The largest absolute Gasteiger partial charge is 0.389 e. The first-order valence-electron chi connectivity index (χ1n) is 3.22. The van der Waals surface area contributed by atoms with Gasteiger partial charge in [-0.25, -0.2) is 0 Å². The van der Waals surface area contributed by atoms with Gasteiger partial charge in [0.2, 0.25) is 0 Å². The highest BCUT2D eigenvalue weighted by molar-refractivity contribution is 9.12. The Balaban J connectivity index is 3.13. The zero-order chi connectivity index (χ0) is 8.69. The van der Waals surface area contributed by atoms with Crippen LogP contribution >= 0.6 is 43.5 Å². The monoisotopic (exact) mass is 308 g/mol. The van der Waals surface area contributed by atoms with Crippen LogP contribution in [0.5, 0.6) is 0 Å². The van der Waals surface area contributed by atoms with Gasteiger partial charge in [-0.15, -0.1) is 11.6 Å². The summed E-state index contributed by atoms with van der Waals surface area (Å²) in [6.07, 6.45) is -0.549. The topological polar surface area (TPSA) is 29.5 Å². The smallest absolute Gasteiger partial charge is 0.0908 e. The van der Waals surface area contributed by atoms with Gasteiger partial charge in [-0.2, -0.15) is 0 Å². The Morgan fingerprint density at radius 1 is 1.45 bits per heavy atom. The summed E-state index contributed by atoms with van der Waals surface area (Å²) in [5, 5.41) is 9.80. The summed E-state index contributed by atoms with van der Waals surface area (Å²) in [5.74, 6) is 0.223. The van der Waals surface area contributed by atoms with Crippen molar-refractivity contribution in [1.82, 2.24) is 0 Å². The fourth-order valence-corrected chi connectivity index (χ4v) is 0.884. The minimum Gasteiger partial charge on any atom is -0.389 e. The Labute approximate surface area is 88.5 Å². The van der Waals surface area contributed by atoms with Gasteiger partial charge in [-0.1, -0.05) is 31.9 Å².